The highest BCUT2D eigenvalue weighted by Crippen LogP contribution is 2.87. The molecule has 2 spiro atoms. The van der Waals surface area contributed by atoms with Crippen molar-refractivity contribution >= 4 is 5.91 Å². The highest BCUT2D eigenvalue weighted by molar-refractivity contribution is 5.94. The number of hydrogen-bond acceptors (Lipinski definition) is 7. The van der Waals surface area contributed by atoms with Crippen LogP contribution in [0.25, 0.3) is 0 Å². The highest BCUT2D eigenvalue weighted by Gasteiger charge is 2.80. The van der Waals surface area contributed by atoms with Crippen LogP contribution in [0, 0.1) is 45.3 Å². The minimum Gasteiger partial charge on any atom is -0.388 e. The van der Waals surface area contributed by atoms with Crippen LogP contribution < -0.4 is 0 Å². The van der Waals surface area contributed by atoms with Crippen molar-refractivity contribution in [2.75, 3.05) is 19.7 Å². The van der Waals surface area contributed by atoms with Crippen LogP contribution in [0.15, 0.2) is 24.5 Å². The van der Waals surface area contributed by atoms with Crippen molar-refractivity contribution in [2.24, 2.45) is 45.3 Å². The molecule has 0 aromatic carbocycles. The zero-order valence-electron chi connectivity index (χ0n) is 28.6. The maximum absolute atomic E-state index is 13.2. The molecule has 9 unspecified atom stereocenters. The molecule has 0 radical (unpaired) electrons. The molecule has 2 aliphatic heterocycles. The van der Waals surface area contributed by atoms with Crippen LogP contribution in [0.1, 0.15) is 109 Å². The Morgan fingerprint density at radius 2 is 1.78 bits per heavy atom. The molecule has 46 heavy (non-hydrogen) atoms. The molecule has 8 heteroatoms. The smallest absolute Gasteiger partial charge is 0.254 e. The molecule has 3 heterocycles. The molecule has 7 aliphatic rings. The lowest BCUT2D eigenvalue weighted by molar-refractivity contribution is -0.241. The van der Waals surface area contributed by atoms with Gasteiger partial charge in [0.15, 0.2) is 6.29 Å². The Bertz CT molecular complexity index is 1330. The fraction of sp³-hybridized carbons (Fsp3) is 0.842. The van der Waals surface area contributed by atoms with Crippen LogP contribution in [0.3, 0.4) is 0 Å². The van der Waals surface area contributed by atoms with Crippen LogP contribution >= 0.6 is 0 Å². The number of aliphatic hydroxyl groups is 2. The van der Waals surface area contributed by atoms with E-state index in [0.29, 0.717) is 59.3 Å². The number of nitrogens with zero attached hydrogens (tertiary/aromatic N) is 2. The van der Waals surface area contributed by atoms with Gasteiger partial charge in [-0.15, -0.1) is 0 Å². The van der Waals surface area contributed by atoms with Crippen LogP contribution in [-0.2, 0) is 14.2 Å². The molecule has 12 atom stereocenters. The molecule has 0 bridgehead atoms. The first-order valence-electron chi connectivity index (χ1n) is 18.3. The standard InChI is InChI=1S/C38H56N2O6/c1-34(2)29-9-7-24-26-20-28-25(6-8-27(45-28)32(41)35(3,4)43)36(26,5)14-15-37(24)22-38(29,37)13-10-30(34)46-31-21-40(18-19-44-31)33(42)23-11-16-39-17-12-23/h11-12,16-17,24-32,41,43H,6-10,13-15,18-22H2,1-5H3/t24?,25?,26?,27?,28?,29?,30-,31?,32-,36?,37-,38?/m0/s1. The summed E-state index contributed by atoms with van der Waals surface area (Å²) in [5.74, 6) is 2.67. The van der Waals surface area contributed by atoms with Gasteiger partial charge in [-0.3, -0.25) is 9.78 Å². The van der Waals surface area contributed by atoms with Crippen molar-refractivity contribution in [3.63, 3.8) is 0 Å². The van der Waals surface area contributed by atoms with Gasteiger partial charge < -0.3 is 29.3 Å². The number of amides is 1. The van der Waals surface area contributed by atoms with E-state index in [2.05, 4.69) is 25.8 Å². The second-order valence-corrected chi connectivity index (χ2v) is 17.8. The van der Waals surface area contributed by atoms with E-state index >= 15 is 0 Å². The quantitative estimate of drug-likeness (QED) is 0.434. The third-order valence-corrected chi connectivity index (χ3v) is 15.2. The van der Waals surface area contributed by atoms with Crippen molar-refractivity contribution in [3.05, 3.63) is 30.1 Å². The highest BCUT2D eigenvalue weighted by atomic mass is 16.7. The largest absolute Gasteiger partial charge is 0.388 e. The van der Waals surface area contributed by atoms with Gasteiger partial charge in [-0.2, -0.15) is 0 Å². The predicted octanol–water partition coefficient (Wildman–Crippen LogP) is 5.60. The Morgan fingerprint density at radius 3 is 2.54 bits per heavy atom. The lowest BCUT2D eigenvalue weighted by atomic mass is 9.46. The zero-order chi connectivity index (χ0) is 32.3. The van der Waals surface area contributed by atoms with Gasteiger partial charge in [0.1, 0.15) is 6.10 Å². The average molecular weight is 637 g/mol. The van der Waals surface area contributed by atoms with E-state index in [-0.39, 0.29) is 29.6 Å². The number of aliphatic hydroxyl groups excluding tert-OH is 1. The molecule has 5 saturated carbocycles. The summed E-state index contributed by atoms with van der Waals surface area (Å²) in [6.45, 7) is 12.4. The van der Waals surface area contributed by atoms with Gasteiger partial charge >= 0.3 is 0 Å². The molecule has 2 saturated heterocycles. The van der Waals surface area contributed by atoms with Gasteiger partial charge in [-0.05, 0) is 136 Å². The fourth-order valence-electron chi connectivity index (χ4n) is 12.9. The summed E-state index contributed by atoms with van der Waals surface area (Å²) in [4.78, 5) is 19.1. The first-order chi connectivity index (χ1) is 21.8. The maximum atomic E-state index is 13.2. The molecule has 1 aromatic heterocycles. The SMILES string of the molecule is CC12CC[C@@]34CC35CC[C@H](OC3CN(C(=O)c6ccncc6)CCO3)C(C)(C)C5CCC4C1CC1OC([C@H](O)C(C)(C)O)CCC12. The van der Waals surface area contributed by atoms with Gasteiger partial charge in [0.2, 0.25) is 0 Å². The van der Waals surface area contributed by atoms with Gasteiger partial charge in [-0.25, -0.2) is 0 Å². The van der Waals surface area contributed by atoms with Crippen LogP contribution in [0.5, 0.6) is 0 Å². The number of morpholine rings is 1. The van der Waals surface area contributed by atoms with E-state index in [9.17, 15) is 15.0 Å². The summed E-state index contributed by atoms with van der Waals surface area (Å²) in [7, 11) is 0. The second kappa shape index (κ2) is 10.7. The van der Waals surface area contributed by atoms with Crippen molar-refractivity contribution in [3.8, 4) is 0 Å². The summed E-state index contributed by atoms with van der Waals surface area (Å²) >= 11 is 0. The fourth-order valence-corrected chi connectivity index (χ4v) is 12.9. The number of pyridine rings is 1. The lowest BCUT2D eigenvalue weighted by Crippen LogP contribution is -2.56. The van der Waals surface area contributed by atoms with Crippen LogP contribution in [-0.4, -0.2) is 82.0 Å². The average Bonchev–Trinajstić information content (AvgIpc) is 3.61. The van der Waals surface area contributed by atoms with Crippen molar-refractivity contribution in [2.45, 2.75) is 135 Å². The number of carbonyl (C=O) groups is 1. The van der Waals surface area contributed by atoms with Crippen molar-refractivity contribution in [1.29, 1.82) is 0 Å². The van der Waals surface area contributed by atoms with Gasteiger partial charge in [0, 0.05) is 24.5 Å². The van der Waals surface area contributed by atoms with Crippen molar-refractivity contribution in [1.82, 2.24) is 9.88 Å². The Labute approximate surface area is 275 Å². The van der Waals surface area contributed by atoms with Crippen molar-refractivity contribution < 1.29 is 29.2 Å². The zero-order valence-corrected chi connectivity index (χ0v) is 28.6. The van der Waals surface area contributed by atoms with Gasteiger partial charge in [-0.1, -0.05) is 20.8 Å². The molecule has 5 aliphatic carbocycles. The number of carbonyl (C=O) groups excluding carboxylic acids is 1. The van der Waals surface area contributed by atoms with E-state index in [0.717, 1.165) is 31.6 Å². The van der Waals surface area contributed by atoms with Crippen LogP contribution in [0.2, 0.25) is 0 Å². The topological polar surface area (TPSA) is 101 Å². The Kier molecular flexibility index (Phi) is 7.37. The monoisotopic (exact) mass is 636 g/mol. The summed E-state index contributed by atoms with van der Waals surface area (Å²) in [5, 5.41) is 21.4. The van der Waals surface area contributed by atoms with E-state index < -0.39 is 18.0 Å². The van der Waals surface area contributed by atoms with E-state index in [1.165, 1.54) is 38.5 Å². The molecule has 7 fully saturated rings. The minimum absolute atomic E-state index is 0.0183. The Hall–Kier alpha value is -1.58. The summed E-state index contributed by atoms with van der Waals surface area (Å²) in [6, 6.07) is 3.55. The Morgan fingerprint density at radius 1 is 1.02 bits per heavy atom. The summed E-state index contributed by atoms with van der Waals surface area (Å²) in [6.07, 6.45) is 14.1. The van der Waals surface area contributed by atoms with E-state index in [1.807, 2.05) is 4.90 Å². The number of ether oxygens (including phenoxy) is 3. The molecular formula is C38H56N2O6. The second-order valence-electron chi connectivity index (χ2n) is 17.8. The Balaban J connectivity index is 0.954. The molecular weight excluding hydrogens is 580 g/mol. The molecule has 8 rings (SSSR count). The summed E-state index contributed by atoms with van der Waals surface area (Å²) < 4.78 is 19.6. The molecule has 2 N–H and O–H groups in total. The number of rotatable bonds is 5. The predicted molar refractivity (Wildman–Crippen MR) is 173 cm³/mol. The first-order valence-corrected chi connectivity index (χ1v) is 18.3. The number of fused-ring (bicyclic) bond motifs is 4. The number of hydrogen-bond donors (Lipinski definition) is 2. The van der Waals surface area contributed by atoms with E-state index in [1.54, 1.807) is 38.4 Å². The van der Waals surface area contributed by atoms with E-state index in [4.69, 9.17) is 14.2 Å². The number of aromatic nitrogens is 1. The normalized spacial score (nSPS) is 46.6. The third kappa shape index (κ3) is 4.55. The molecule has 1 aromatic rings. The van der Waals surface area contributed by atoms with Gasteiger partial charge in [0.25, 0.3) is 5.91 Å². The molecule has 254 valence electrons. The summed E-state index contributed by atoms with van der Waals surface area (Å²) in [5.41, 5.74) is 0.749. The third-order valence-electron chi connectivity index (χ3n) is 15.2. The first kappa shape index (κ1) is 31.7. The minimum atomic E-state index is -1.15. The maximum Gasteiger partial charge on any atom is 0.254 e. The molecule has 1 amide bonds. The van der Waals surface area contributed by atoms with Crippen LogP contribution in [0.4, 0.5) is 0 Å². The molecule has 8 nitrogen and oxygen atoms in total. The lowest BCUT2D eigenvalue weighted by Gasteiger charge is -2.60. The van der Waals surface area contributed by atoms with Gasteiger partial charge in [0.05, 0.1) is 37.1 Å².